The van der Waals surface area contributed by atoms with Crippen LogP contribution in [0.5, 0.6) is 0 Å². The molecule has 1 unspecified atom stereocenters. The number of imide groups is 1. The molecule has 4 aromatic rings. The van der Waals surface area contributed by atoms with Crippen LogP contribution in [-0.2, 0) is 37.6 Å². The number of nitrogens with zero attached hydrogens (tertiary/aromatic N) is 1. The lowest BCUT2D eigenvalue weighted by atomic mass is 9.55. The van der Waals surface area contributed by atoms with E-state index in [-0.39, 0.29) is 40.6 Å². The smallest absolute Gasteiger partial charge is 0.255 e. The molecule has 5 N–H and O–H groups in total. The zero-order chi connectivity index (χ0) is 44.0. The summed E-state index contributed by atoms with van der Waals surface area (Å²) in [6, 6.07) is 20.4. The minimum Gasteiger partial charge on any atom is -0.352 e. The lowest BCUT2D eigenvalue weighted by Crippen LogP contribution is -2.60. The van der Waals surface area contributed by atoms with Gasteiger partial charge in [-0.3, -0.25) is 39.4 Å². The molecule has 1 aliphatic carbocycles. The summed E-state index contributed by atoms with van der Waals surface area (Å²) >= 11 is 12.8. The van der Waals surface area contributed by atoms with Crippen molar-refractivity contribution in [3.05, 3.63) is 128 Å². The first kappa shape index (κ1) is 42.7. The van der Waals surface area contributed by atoms with Crippen LogP contribution in [0.2, 0.25) is 10.0 Å². The van der Waals surface area contributed by atoms with Crippen molar-refractivity contribution in [2.24, 2.45) is 0 Å². The predicted molar refractivity (Wildman–Crippen MR) is 236 cm³/mol. The third kappa shape index (κ3) is 7.47. The zero-order valence-electron chi connectivity index (χ0n) is 34.5. The normalized spacial score (nSPS) is 23.4. The van der Waals surface area contributed by atoms with Gasteiger partial charge in [-0.15, -0.1) is 0 Å². The molecule has 2 saturated heterocycles. The Labute approximate surface area is 374 Å². The Kier molecular flexibility index (Phi) is 11.6. The lowest BCUT2D eigenvalue weighted by molar-refractivity contribution is -0.137. The van der Waals surface area contributed by atoms with Gasteiger partial charge in [0.2, 0.25) is 23.6 Å². The number of halogens is 3. The molecule has 2 spiro atoms. The summed E-state index contributed by atoms with van der Waals surface area (Å²) in [5.74, 6) is -3.63. The monoisotopic (exact) mass is 892 g/mol. The van der Waals surface area contributed by atoms with Crippen LogP contribution in [0, 0.1) is 5.82 Å². The first-order valence-electron chi connectivity index (χ1n) is 21.7. The maximum Gasteiger partial charge on any atom is 0.255 e. The van der Waals surface area contributed by atoms with Gasteiger partial charge in [-0.25, -0.2) is 4.39 Å². The van der Waals surface area contributed by atoms with Gasteiger partial charge < -0.3 is 20.9 Å². The van der Waals surface area contributed by atoms with Crippen LogP contribution < -0.4 is 26.6 Å². The van der Waals surface area contributed by atoms with Crippen LogP contribution >= 0.6 is 23.2 Å². The van der Waals surface area contributed by atoms with Crippen LogP contribution in [0.25, 0.3) is 0 Å². The van der Waals surface area contributed by atoms with Gasteiger partial charge in [0.05, 0.1) is 11.1 Å². The van der Waals surface area contributed by atoms with Gasteiger partial charge in [-0.05, 0) is 109 Å². The summed E-state index contributed by atoms with van der Waals surface area (Å²) in [5, 5.41) is 15.3. The molecule has 63 heavy (non-hydrogen) atoms. The average Bonchev–Trinajstić information content (AvgIpc) is 3.87. The number of nitrogens with one attached hydrogen (secondary N) is 5. The number of fused-ring (bicyclic) bond motifs is 4. The van der Waals surface area contributed by atoms with Gasteiger partial charge >= 0.3 is 0 Å². The van der Waals surface area contributed by atoms with E-state index in [0.29, 0.717) is 65.4 Å². The fourth-order valence-electron chi connectivity index (χ4n) is 10.9. The van der Waals surface area contributed by atoms with Gasteiger partial charge in [-0.2, -0.15) is 0 Å². The van der Waals surface area contributed by atoms with E-state index in [9.17, 15) is 28.8 Å². The zero-order valence-corrected chi connectivity index (χ0v) is 36.0. The summed E-state index contributed by atoms with van der Waals surface area (Å²) in [6.45, 7) is 0.786. The average molecular weight is 894 g/mol. The van der Waals surface area contributed by atoms with E-state index in [2.05, 4.69) is 26.6 Å². The molecule has 1 saturated carbocycles. The maximum atomic E-state index is 16.2. The highest BCUT2D eigenvalue weighted by molar-refractivity contribution is 6.31. The molecule has 6 amide bonds. The summed E-state index contributed by atoms with van der Waals surface area (Å²) in [7, 11) is 0. The SMILES string of the molecule is O=C1CCC(N2Cc3c(CCCCCNC(=O)c4ccc(NC(=O)[C@@H]5NC6(CCCCC6)[C@@]6(C(=O)Nc7cc(Cl)ccc76)[C@H]5c5cccc(Cl)c5F)cc4)cccc3C2=O)C(=O)N1. The molecule has 9 rings (SSSR count). The van der Waals surface area contributed by atoms with Crippen LogP contribution in [-0.4, -0.2) is 64.5 Å². The van der Waals surface area contributed by atoms with Crippen LogP contribution in [0.1, 0.15) is 113 Å². The molecule has 4 aliphatic heterocycles. The number of anilines is 2. The number of amides is 6. The number of rotatable bonds is 11. The number of benzene rings is 4. The molecule has 4 atom stereocenters. The number of hydrogen-bond donors (Lipinski definition) is 5. The molecular weight excluding hydrogens is 846 g/mol. The van der Waals surface area contributed by atoms with E-state index in [0.717, 1.165) is 56.1 Å². The Bertz CT molecular complexity index is 2550. The molecule has 4 aromatic carbocycles. The molecule has 0 aromatic heterocycles. The fraction of sp³-hybridized carbons (Fsp3) is 0.375. The number of unbranched alkanes of at least 4 members (excludes halogenated alkanes) is 2. The number of carbonyl (C=O) groups excluding carboxylic acids is 6. The van der Waals surface area contributed by atoms with E-state index in [1.165, 1.54) is 6.07 Å². The van der Waals surface area contributed by atoms with Crippen LogP contribution in [0.3, 0.4) is 0 Å². The third-order valence-electron chi connectivity index (χ3n) is 13.8. The van der Waals surface area contributed by atoms with Crippen LogP contribution in [0.4, 0.5) is 15.8 Å². The van der Waals surface area contributed by atoms with Crippen molar-refractivity contribution >= 4 is 70.0 Å². The van der Waals surface area contributed by atoms with E-state index in [1.807, 2.05) is 18.2 Å². The predicted octanol–water partition coefficient (Wildman–Crippen LogP) is 7.32. The highest BCUT2D eigenvalue weighted by Gasteiger charge is 2.72. The van der Waals surface area contributed by atoms with E-state index < -0.39 is 46.6 Å². The number of hydrogen-bond acceptors (Lipinski definition) is 7. The van der Waals surface area contributed by atoms with Crippen molar-refractivity contribution in [2.75, 3.05) is 17.2 Å². The first-order valence-corrected chi connectivity index (χ1v) is 22.4. The lowest BCUT2D eigenvalue weighted by Gasteiger charge is -2.47. The van der Waals surface area contributed by atoms with Gasteiger partial charge in [0.25, 0.3) is 11.8 Å². The van der Waals surface area contributed by atoms with Gasteiger partial charge in [-0.1, -0.05) is 79.2 Å². The Morgan fingerprint density at radius 3 is 2.43 bits per heavy atom. The molecule has 5 aliphatic rings. The molecule has 15 heteroatoms. The topological polar surface area (TPSA) is 166 Å². The molecule has 3 fully saturated rings. The van der Waals surface area contributed by atoms with Crippen molar-refractivity contribution in [3.63, 3.8) is 0 Å². The number of piperidine rings is 1. The fourth-order valence-corrected chi connectivity index (χ4v) is 11.3. The Balaban J connectivity index is 0.836. The highest BCUT2D eigenvalue weighted by Crippen LogP contribution is 2.63. The van der Waals surface area contributed by atoms with E-state index in [1.54, 1.807) is 59.5 Å². The van der Waals surface area contributed by atoms with Crippen molar-refractivity contribution in [2.45, 2.75) is 106 Å². The summed E-state index contributed by atoms with van der Waals surface area (Å²) < 4.78 is 16.2. The molecule has 12 nitrogen and oxygen atoms in total. The standard InChI is InChI=1S/C48H47Cl2FN6O6/c49-29-16-19-34-36(25-29)54-46(63)48(34)39(32-12-8-13-35(50)40(32)51)41(56-47(48)22-4-2-5-23-47)44(61)53-30-17-14-28(15-18-30)42(59)52-24-6-1-3-9-27-10-7-11-31-33(27)26-57(45(31)62)37-20-21-38(58)55-43(37)60/h7-8,10-19,25,37,39,41,56H,1-6,9,20-24,26H2,(H,52,59)(H,53,61)(H,54,63)(H,55,58,60)/t37?,39-,41+,48+/m0/s1. The largest absolute Gasteiger partial charge is 0.352 e. The van der Waals surface area contributed by atoms with E-state index in [4.69, 9.17) is 23.2 Å². The first-order chi connectivity index (χ1) is 30.4. The molecule has 0 bridgehead atoms. The molecular formula is C48H47Cl2FN6O6. The Hall–Kier alpha value is -5.63. The maximum absolute atomic E-state index is 16.2. The van der Waals surface area contributed by atoms with Crippen molar-refractivity contribution in [3.8, 4) is 0 Å². The molecule has 326 valence electrons. The van der Waals surface area contributed by atoms with Gasteiger partial charge in [0.1, 0.15) is 17.3 Å². The van der Waals surface area contributed by atoms with E-state index >= 15 is 4.39 Å². The Morgan fingerprint density at radius 1 is 0.873 bits per heavy atom. The van der Waals surface area contributed by atoms with Crippen molar-refractivity contribution in [1.29, 1.82) is 0 Å². The summed E-state index contributed by atoms with van der Waals surface area (Å²) in [5.41, 5.74) is 2.55. The summed E-state index contributed by atoms with van der Waals surface area (Å²) in [6.07, 6.45) is 7.46. The second-order valence-electron chi connectivity index (χ2n) is 17.3. The van der Waals surface area contributed by atoms with Crippen LogP contribution in [0.15, 0.2) is 78.9 Å². The van der Waals surface area contributed by atoms with Crippen molar-refractivity contribution < 1.29 is 33.2 Å². The minimum atomic E-state index is -1.36. The number of aryl methyl sites for hydroxylation is 1. The molecule has 4 heterocycles. The second kappa shape index (κ2) is 17.2. The number of carbonyl (C=O) groups is 6. The third-order valence-corrected chi connectivity index (χ3v) is 14.3. The van der Waals surface area contributed by atoms with Gasteiger partial charge in [0, 0.05) is 58.5 Å². The van der Waals surface area contributed by atoms with Gasteiger partial charge in [0.15, 0.2) is 0 Å². The quantitative estimate of drug-likeness (QED) is 0.0778. The highest BCUT2D eigenvalue weighted by atomic mass is 35.5. The minimum absolute atomic E-state index is 0.106. The Morgan fingerprint density at radius 2 is 1.65 bits per heavy atom. The van der Waals surface area contributed by atoms with Crippen molar-refractivity contribution in [1.82, 2.24) is 20.9 Å². The summed E-state index contributed by atoms with van der Waals surface area (Å²) in [4.78, 5) is 81.2. The second-order valence-corrected chi connectivity index (χ2v) is 18.2. The molecule has 0 radical (unpaired) electrons.